The molecule has 0 unspecified atom stereocenters. The molecule has 0 aliphatic carbocycles. The van der Waals surface area contributed by atoms with Crippen LogP contribution in [0.4, 0.5) is 11.4 Å². The first-order chi connectivity index (χ1) is 13.9. The van der Waals surface area contributed by atoms with Crippen LogP contribution >= 0.6 is 0 Å². The zero-order valence-electron chi connectivity index (χ0n) is 16.1. The van der Waals surface area contributed by atoms with Gasteiger partial charge in [0, 0.05) is 25.0 Å². The van der Waals surface area contributed by atoms with Crippen molar-refractivity contribution in [1.29, 1.82) is 0 Å². The summed E-state index contributed by atoms with van der Waals surface area (Å²) in [6.07, 6.45) is 3.20. The molecule has 29 heavy (non-hydrogen) atoms. The monoisotopic (exact) mass is 397 g/mol. The number of nitrogens with zero attached hydrogens (tertiary/aromatic N) is 3. The maximum atomic E-state index is 12.4. The van der Waals surface area contributed by atoms with E-state index in [9.17, 15) is 14.4 Å². The predicted octanol–water partition coefficient (Wildman–Crippen LogP) is 1.80. The van der Waals surface area contributed by atoms with Crippen LogP contribution < -0.4 is 15.4 Å². The molecule has 10 heteroatoms. The van der Waals surface area contributed by atoms with Gasteiger partial charge in [-0.25, -0.2) is 14.3 Å². The second-order valence-electron chi connectivity index (χ2n) is 6.07. The summed E-state index contributed by atoms with van der Waals surface area (Å²) < 4.78 is 11.8. The predicted molar refractivity (Wildman–Crippen MR) is 104 cm³/mol. The van der Waals surface area contributed by atoms with Crippen LogP contribution in [0, 0.1) is 6.92 Å². The van der Waals surface area contributed by atoms with Gasteiger partial charge >= 0.3 is 5.97 Å². The summed E-state index contributed by atoms with van der Waals surface area (Å²) >= 11 is 0. The Kier molecular flexibility index (Phi) is 5.72. The van der Waals surface area contributed by atoms with E-state index in [2.05, 4.69) is 20.7 Å². The molecule has 0 saturated heterocycles. The summed E-state index contributed by atoms with van der Waals surface area (Å²) in [7, 11) is 1.45. The molecule has 2 heterocycles. The number of fused-ring (bicyclic) bond motifs is 1. The van der Waals surface area contributed by atoms with E-state index in [1.54, 1.807) is 37.4 Å². The van der Waals surface area contributed by atoms with E-state index in [0.717, 1.165) is 0 Å². The van der Waals surface area contributed by atoms with Gasteiger partial charge in [-0.15, -0.1) is 0 Å². The van der Waals surface area contributed by atoms with Crippen LogP contribution in [0.5, 0.6) is 5.75 Å². The average molecular weight is 397 g/mol. The van der Waals surface area contributed by atoms with Crippen LogP contribution in [0.15, 0.2) is 36.7 Å². The lowest BCUT2D eigenvalue weighted by Gasteiger charge is -2.12. The van der Waals surface area contributed by atoms with Gasteiger partial charge in [-0.05, 0) is 31.2 Å². The molecule has 0 fully saturated rings. The normalized spacial score (nSPS) is 10.4. The lowest BCUT2D eigenvalue weighted by molar-refractivity contribution is -0.119. The first-order valence-corrected chi connectivity index (χ1v) is 8.61. The lowest BCUT2D eigenvalue weighted by atomic mass is 10.2. The molecule has 2 amide bonds. The van der Waals surface area contributed by atoms with Gasteiger partial charge in [0.15, 0.2) is 12.3 Å². The van der Waals surface area contributed by atoms with E-state index in [0.29, 0.717) is 28.5 Å². The van der Waals surface area contributed by atoms with Crippen molar-refractivity contribution >= 4 is 34.8 Å². The number of benzene rings is 1. The van der Waals surface area contributed by atoms with E-state index in [4.69, 9.17) is 9.47 Å². The number of hydrogen-bond acceptors (Lipinski definition) is 7. The fraction of sp³-hybridized carbons (Fsp3) is 0.211. The number of hydrogen-bond donors (Lipinski definition) is 2. The summed E-state index contributed by atoms with van der Waals surface area (Å²) in [6.45, 7) is 2.51. The van der Waals surface area contributed by atoms with E-state index in [1.807, 2.05) is 0 Å². The average Bonchev–Trinajstić information content (AvgIpc) is 3.01. The van der Waals surface area contributed by atoms with Crippen molar-refractivity contribution < 1.29 is 23.9 Å². The molecule has 1 aromatic carbocycles. The van der Waals surface area contributed by atoms with Crippen LogP contribution in [-0.2, 0) is 14.3 Å². The third kappa shape index (κ3) is 4.49. The maximum absolute atomic E-state index is 12.4. The fourth-order valence-electron chi connectivity index (χ4n) is 2.71. The third-order valence-corrected chi connectivity index (χ3v) is 3.90. The molecule has 0 spiro atoms. The van der Waals surface area contributed by atoms with Gasteiger partial charge in [-0.2, -0.15) is 5.10 Å². The highest BCUT2D eigenvalue weighted by atomic mass is 16.5. The van der Waals surface area contributed by atoms with Crippen molar-refractivity contribution in [2.75, 3.05) is 24.4 Å². The highest BCUT2D eigenvalue weighted by Crippen LogP contribution is 2.27. The summed E-state index contributed by atoms with van der Waals surface area (Å²) in [5.41, 5.74) is 1.80. The zero-order chi connectivity index (χ0) is 21.0. The Bertz CT molecular complexity index is 1090. The van der Waals surface area contributed by atoms with E-state index >= 15 is 0 Å². The number of anilines is 2. The number of aryl methyl sites for hydroxylation is 1. The van der Waals surface area contributed by atoms with Gasteiger partial charge in [0.2, 0.25) is 5.91 Å². The molecular weight excluding hydrogens is 378 g/mol. The number of amides is 2. The van der Waals surface area contributed by atoms with Gasteiger partial charge in [0.25, 0.3) is 5.91 Å². The van der Waals surface area contributed by atoms with E-state index in [-0.39, 0.29) is 11.5 Å². The minimum Gasteiger partial charge on any atom is -0.495 e. The second-order valence-corrected chi connectivity index (χ2v) is 6.07. The topological polar surface area (TPSA) is 124 Å². The number of methoxy groups -OCH3 is 1. The Labute approximate surface area is 165 Å². The Balaban J connectivity index is 1.69. The van der Waals surface area contributed by atoms with E-state index in [1.165, 1.54) is 24.7 Å². The van der Waals surface area contributed by atoms with Crippen LogP contribution in [0.3, 0.4) is 0 Å². The first-order valence-electron chi connectivity index (χ1n) is 8.61. The molecule has 10 nitrogen and oxygen atoms in total. The zero-order valence-corrected chi connectivity index (χ0v) is 16.1. The molecule has 0 bridgehead atoms. The van der Waals surface area contributed by atoms with Crippen molar-refractivity contribution in [1.82, 2.24) is 14.6 Å². The first kappa shape index (κ1) is 19.8. The molecule has 0 aliphatic rings. The Morgan fingerprint density at radius 3 is 2.72 bits per heavy atom. The number of aromatic nitrogens is 3. The molecule has 0 saturated carbocycles. The lowest BCUT2D eigenvalue weighted by Crippen LogP contribution is -2.21. The van der Waals surface area contributed by atoms with Crippen LogP contribution in [0.25, 0.3) is 5.65 Å². The largest absolute Gasteiger partial charge is 0.495 e. The minimum atomic E-state index is -0.703. The van der Waals surface area contributed by atoms with Gasteiger partial charge in [-0.3, -0.25) is 9.59 Å². The quantitative estimate of drug-likeness (QED) is 0.608. The van der Waals surface area contributed by atoms with Crippen LogP contribution in [0.2, 0.25) is 0 Å². The van der Waals surface area contributed by atoms with Crippen molar-refractivity contribution in [3.8, 4) is 5.75 Å². The van der Waals surface area contributed by atoms with Crippen LogP contribution in [0.1, 0.15) is 23.0 Å². The summed E-state index contributed by atoms with van der Waals surface area (Å²) in [4.78, 5) is 40.0. The standard InChI is InChI=1S/C19H19N5O5/c1-11-17(18-20-7-4-8-24(18)23-11)19(27)29-10-16(26)22-14-9-13(21-12(2)25)5-6-15(14)28-3/h4-9H,10H2,1-3H3,(H,21,25)(H,22,26). The van der Waals surface area contributed by atoms with Crippen molar-refractivity contribution in [2.24, 2.45) is 0 Å². The van der Waals surface area contributed by atoms with Crippen molar-refractivity contribution in [2.45, 2.75) is 13.8 Å². The Morgan fingerprint density at radius 2 is 2.00 bits per heavy atom. The second kappa shape index (κ2) is 8.38. The minimum absolute atomic E-state index is 0.198. The van der Waals surface area contributed by atoms with Gasteiger partial charge < -0.3 is 20.1 Å². The summed E-state index contributed by atoms with van der Waals surface area (Å²) in [5.74, 6) is -1.13. The van der Waals surface area contributed by atoms with E-state index < -0.39 is 18.5 Å². The number of ether oxygens (including phenoxy) is 2. The molecule has 2 N–H and O–H groups in total. The van der Waals surface area contributed by atoms with Gasteiger partial charge in [0.1, 0.15) is 11.3 Å². The number of esters is 1. The molecule has 3 rings (SSSR count). The summed E-state index contributed by atoms with van der Waals surface area (Å²) in [6, 6.07) is 6.46. The van der Waals surface area contributed by atoms with Crippen molar-refractivity contribution in [3.63, 3.8) is 0 Å². The Hall–Kier alpha value is -3.95. The molecule has 150 valence electrons. The maximum Gasteiger partial charge on any atom is 0.344 e. The van der Waals surface area contributed by atoms with Gasteiger partial charge in [-0.1, -0.05) is 0 Å². The highest BCUT2D eigenvalue weighted by Gasteiger charge is 2.20. The Morgan fingerprint density at radius 1 is 1.21 bits per heavy atom. The molecule has 3 aromatic rings. The number of rotatable bonds is 6. The highest BCUT2D eigenvalue weighted by molar-refractivity contribution is 6.00. The SMILES string of the molecule is COc1ccc(NC(C)=O)cc1NC(=O)COC(=O)c1c(C)nn2cccnc12. The number of nitrogens with one attached hydrogen (secondary N) is 2. The molecule has 0 radical (unpaired) electrons. The van der Waals surface area contributed by atoms with Crippen LogP contribution in [-0.4, -0.2) is 46.1 Å². The molecular formula is C19H19N5O5. The molecule has 2 aromatic heterocycles. The number of carbonyl (C=O) groups is 3. The smallest absolute Gasteiger partial charge is 0.344 e. The molecule has 0 aliphatic heterocycles. The number of carbonyl (C=O) groups excluding carboxylic acids is 3. The third-order valence-electron chi connectivity index (χ3n) is 3.90. The fourth-order valence-corrected chi connectivity index (χ4v) is 2.71. The summed E-state index contributed by atoms with van der Waals surface area (Å²) in [5, 5.41) is 9.40. The molecule has 0 atom stereocenters. The van der Waals surface area contributed by atoms with Crippen molar-refractivity contribution in [3.05, 3.63) is 47.9 Å². The van der Waals surface area contributed by atoms with Gasteiger partial charge in [0.05, 0.1) is 18.5 Å².